The van der Waals surface area contributed by atoms with Crippen LogP contribution in [0.3, 0.4) is 0 Å². The van der Waals surface area contributed by atoms with E-state index in [-0.39, 0.29) is 5.91 Å². The second-order valence-corrected chi connectivity index (χ2v) is 6.07. The first-order valence-electron chi connectivity index (χ1n) is 7.69. The van der Waals surface area contributed by atoms with E-state index in [0.717, 1.165) is 18.7 Å². The van der Waals surface area contributed by atoms with Crippen molar-refractivity contribution in [2.45, 2.75) is 64.7 Å². The first-order valence-corrected chi connectivity index (χ1v) is 8.57. The van der Waals surface area contributed by atoms with Gasteiger partial charge in [0.2, 0.25) is 5.91 Å². The van der Waals surface area contributed by atoms with Crippen molar-refractivity contribution in [1.82, 2.24) is 10.3 Å². The van der Waals surface area contributed by atoms with Crippen LogP contribution in [-0.2, 0) is 11.2 Å². The van der Waals surface area contributed by atoms with Crippen molar-refractivity contribution in [3.63, 3.8) is 0 Å². The Morgan fingerprint density at radius 2 is 1.85 bits per heavy atom. The lowest BCUT2D eigenvalue weighted by Crippen LogP contribution is -2.26. The number of unbranched alkanes of at least 4 members (excludes halogenated alkanes) is 7. The summed E-state index contributed by atoms with van der Waals surface area (Å²) in [4.78, 5) is 15.7. The number of nitrogens with two attached hydrogens (primary N) is 1. The monoisotopic (exact) mass is 297 g/mol. The maximum Gasteiger partial charge on any atom is 0.226 e. The highest BCUT2D eigenvalue weighted by Crippen LogP contribution is 2.11. The van der Waals surface area contributed by atoms with Crippen LogP contribution in [0, 0.1) is 0 Å². The third kappa shape index (κ3) is 8.15. The van der Waals surface area contributed by atoms with E-state index in [1.807, 2.05) is 5.38 Å². The quantitative estimate of drug-likeness (QED) is 0.614. The minimum atomic E-state index is 0.0400. The van der Waals surface area contributed by atoms with Crippen molar-refractivity contribution < 1.29 is 4.79 Å². The number of rotatable bonds is 11. The molecule has 0 spiro atoms. The number of nitrogen functional groups attached to an aromatic ring is 1. The molecule has 0 fully saturated rings. The summed E-state index contributed by atoms with van der Waals surface area (Å²) >= 11 is 1.38. The van der Waals surface area contributed by atoms with Crippen molar-refractivity contribution in [2.75, 3.05) is 12.3 Å². The van der Waals surface area contributed by atoms with Crippen LogP contribution in [-0.4, -0.2) is 17.4 Å². The van der Waals surface area contributed by atoms with Gasteiger partial charge in [-0.25, -0.2) is 4.98 Å². The Hall–Kier alpha value is -1.10. The molecule has 114 valence electrons. The normalized spacial score (nSPS) is 10.7. The number of anilines is 1. The van der Waals surface area contributed by atoms with Crippen LogP contribution in [0.25, 0.3) is 0 Å². The van der Waals surface area contributed by atoms with Gasteiger partial charge in [0.25, 0.3) is 0 Å². The Morgan fingerprint density at radius 3 is 2.45 bits per heavy atom. The number of carbonyl (C=O) groups is 1. The number of thiazole rings is 1. The van der Waals surface area contributed by atoms with Gasteiger partial charge in [-0.05, 0) is 6.42 Å². The Labute approximate surface area is 126 Å². The number of aromatic nitrogens is 1. The Balaban J connectivity index is 1.92. The largest absolute Gasteiger partial charge is 0.375 e. The molecule has 0 atom stereocenters. The zero-order valence-electron chi connectivity index (χ0n) is 12.5. The van der Waals surface area contributed by atoms with Gasteiger partial charge in [0.05, 0.1) is 12.1 Å². The van der Waals surface area contributed by atoms with E-state index in [1.54, 1.807) is 0 Å². The van der Waals surface area contributed by atoms with Gasteiger partial charge in [-0.1, -0.05) is 51.9 Å². The lowest BCUT2D eigenvalue weighted by molar-refractivity contribution is -0.120. The van der Waals surface area contributed by atoms with E-state index >= 15 is 0 Å². The number of hydrogen-bond acceptors (Lipinski definition) is 4. The molecule has 1 aromatic heterocycles. The summed E-state index contributed by atoms with van der Waals surface area (Å²) < 4.78 is 0. The summed E-state index contributed by atoms with van der Waals surface area (Å²) in [6.07, 6.45) is 10.6. The van der Waals surface area contributed by atoms with Crippen molar-refractivity contribution in [3.8, 4) is 0 Å². The van der Waals surface area contributed by atoms with E-state index < -0.39 is 0 Å². The smallest absolute Gasteiger partial charge is 0.226 e. The Kier molecular flexibility index (Phi) is 9.04. The van der Waals surface area contributed by atoms with Crippen LogP contribution in [0.4, 0.5) is 5.13 Å². The van der Waals surface area contributed by atoms with Crippen molar-refractivity contribution in [2.24, 2.45) is 0 Å². The molecule has 4 nitrogen and oxygen atoms in total. The molecule has 0 saturated carbocycles. The fourth-order valence-electron chi connectivity index (χ4n) is 2.12. The molecule has 0 aliphatic rings. The fraction of sp³-hybridized carbons (Fsp3) is 0.733. The summed E-state index contributed by atoms with van der Waals surface area (Å²) in [7, 11) is 0. The first kappa shape index (κ1) is 17.0. The summed E-state index contributed by atoms with van der Waals surface area (Å²) in [5.74, 6) is 0.0400. The van der Waals surface area contributed by atoms with Crippen molar-refractivity contribution in [3.05, 3.63) is 11.1 Å². The second-order valence-electron chi connectivity index (χ2n) is 5.18. The Morgan fingerprint density at radius 1 is 1.20 bits per heavy atom. The molecule has 1 heterocycles. The molecule has 0 unspecified atom stereocenters. The van der Waals surface area contributed by atoms with Crippen LogP contribution in [0.2, 0.25) is 0 Å². The molecular weight excluding hydrogens is 270 g/mol. The minimum Gasteiger partial charge on any atom is -0.375 e. The summed E-state index contributed by atoms with van der Waals surface area (Å²) in [5, 5.41) is 5.30. The highest BCUT2D eigenvalue weighted by atomic mass is 32.1. The average Bonchev–Trinajstić information content (AvgIpc) is 2.82. The van der Waals surface area contributed by atoms with Gasteiger partial charge in [-0.15, -0.1) is 11.3 Å². The topological polar surface area (TPSA) is 68.0 Å². The van der Waals surface area contributed by atoms with Gasteiger partial charge >= 0.3 is 0 Å². The SMILES string of the molecule is CCCCCCCCCCNC(=O)Cc1csc(N)n1. The third-order valence-electron chi connectivity index (χ3n) is 3.26. The molecule has 20 heavy (non-hydrogen) atoms. The molecular formula is C15H27N3OS. The number of nitrogens with zero attached hydrogens (tertiary/aromatic N) is 1. The van der Waals surface area contributed by atoms with E-state index in [2.05, 4.69) is 17.2 Å². The van der Waals surface area contributed by atoms with E-state index in [4.69, 9.17) is 5.73 Å². The van der Waals surface area contributed by atoms with Crippen LogP contribution in [0.5, 0.6) is 0 Å². The summed E-state index contributed by atoms with van der Waals surface area (Å²) in [6, 6.07) is 0. The van der Waals surface area contributed by atoms with Crippen LogP contribution in [0.1, 0.15) is 64.0 Å². The van der Waals surface area contributed by atoms with Gasteiger partial charge in [0.1, 0.15) is 0 Å². The lowest BCUT2D eigenvalue weighted by atomic mass is 10.1. The molecule has 0 aromatic carbocycles. The van der Waals surface area contributed by atoms with Crippen LogP contribution in [0.15, 0.2) is 5.38 Å². The summed E-state index contributed by atoms with van der Waals surface area (Å²) in [5.41, 5.74) is 6.29. The minimum absolute atomic E-state index is 0.0400. The molecule has 0 aliphatic carbocycles. The molecule has 5 heteroatoms. The predicted molar refractivity (Wildman–Crippen MR) is 85.9 cm³/mol. The molecule has 0 bridgehead atoms. The van der Waals surface area contributed by atoms with E-state index in [1.165, 1.54) is 56.3 Å². The van der Waals surface area contributed by atoms with Crippen molar-refractivity contribution in [1.29, 1.82) is 0 Å². The molecule has 1 amide bonds. The fourth-order valence-corrected chi connectivity index (χ4v) is 2.68. The molecule has 3 N–H and O–H groups in total. The molecule has 0 aliphatic heterocycles. The molecule has 1 aromatic rings. The number of nitrogens with one attached hydrogen (secondary N) is 1. The van der Waals surface area contributed by atoms with Crippen molar-refractivity contribution >= 4 is 22.4 Å². The van der Waals surface area contributed by atoms with Crippen LogP contribution >= 0.6 is 11.3 Å². The molecule has 0 radical (unpaired) electrons. The first-order chi connectivity index (χ1) is 9.72. The zero-order valence-corrected chi connectivity index (χ0v) is 13.3. The Bertz CT molecular complexity index is 379. The maximum atomic E-state index is 11.6. The zero-order chi connectivity index (χ0) is 14.6. The van der Waals surface area contributed by atoms with E-state index in [9.17, 15) is 4.79 Å². The highest BCUT2D eigenvalue weighted by molar-refractivity contribution is 7.13. The van der Waals surface area contributed by atoms with E-state index in [0.29, 0.717) is 11.6 Å². The number of amides is 1. The molecule has 1 rings (SSSR count). The predicted octanol–water partition coefficient (Wildman–Crippen LogP) is 3.52. The lowest BCUT2D eigenvalue weighted by Gasteiger charge is -2.04. The van der Waals surface area contributed by atoms with Gasteiger partial charge < -0.3 is 11.1 Å². The standard InChI is InChI=1S/C15H27N3OS/c1-2-3-4-5-6-7-8-9-10-17-14(19)11-13-12-20-15(16)18-13/h12H,2-11H2,1H3,(H2,16,18)(H,17,19). The number of hydrogen-bond donors (Lipinski definition) is 2. The number of carbonyl (C=O) groups excluding carboxylic acids is 1. The van der Waals surface area contributed by atoms with Gasteiger partial charge in [0, 0.05) is 11.9 Å². The maximum absolute atomic E-state index is 11.6. The average molecular weight is 297 g/mol. The third-order valence-corrected chi connectivity index (χ3v) is 3.99. The summed E-state index contributed by atoms with van der Waals surface area (Å²) in [6.45, 7) is 3.01. The van der Waals surface area contributed by atoms with Gasteiger partial charge in [0.15, 0.2) is 5.13 Å². The van der Waals surface area contributed by atoms with Crippen LogP contribution < -0.4 is 11.1 Å². The second kappa shape index (κ2) is 10.7. The van der Waals surface area contributed by atoms with Gasteiger partial charge in [-0.2, -0.15) is 0 Å². The molecule has 0 saturated heterocycles. The highest BCUT2D eigenvalue weighted by Gasteiger charge is 2.05. The van der Waals surface area contributed by atoms with Gasteiger partial charge in [-0.3, -0.25) is 4.79 Å².